The Morgan fingerprint density at radius 1 is 1.24 bits per heavy atom. The summed E-state index contributed by atoms with van der Waals surface area (Å²) in [5.74, 6) is 5.74. The summed E-state index contributed by atoms with van der Waals surface area (Å²) in [5, 5.41) is 3.23. The third-order valence-corrected chi connectivity index (χ3v) is 4.97. The van der Waals surface area contributed by atoms with Gasteiger partial charge in [-0.05, 0) is 23.8 Å². The lowest BCUT2D eigenvalue weighted by atomic mass is 9.93. The number of halogens is 2. The Labute approximate surface area is 146 Å². The van der Waals surface area contributed by atoms with Crippen molar-refractivity contribution in [3.8, 4) is 0 Å². The topological polar surface area (TPSA) is 50.9 Å². The SMILES string of the molecule is CC(C)(C)c1csc(CC(NN)c2cc(Br)cc(Br)c2)n1. The van der Waals surface area contributed by atoms with Gasteiger partial charge in [0.1, 0.15) is 0 Å². The van der Waals surface area contributed by atoms with E-state index < -0.39 is 0 Å². The van der Waals surface area contributed by atoms with Crippen LogP contribution in [0.5, 0.6) is 0 Å². The van der Waals surface area contributed by atoms with Crippen LogP contribution in [-0.4, -0.2) is 4.98 Å². The number of aromatic nitrogens is 1. The van der Waals surface area contributed by atoms with Crippen LogP contribution < -0.4 is 11.3 Å². The van der Waals surface area contributed by atoms with Crippen LogP contribution in [-0.2, 0) is 11.8 Å². The molecule has 6 heteroatoms. The van der Waals surface area contributed by atoms with E-state index in [9.17, 15) is 0 Å². The number of nitrogens with two attached hydrogens (primary N) is 1. The normalized spacial score (nSPS) is 13.4. The van der Waals surface area contributed by atoms with Gasteiger partial charge in [-0.3, -0.25) is 11.3 Å². The number of hydrogen-bond donors (Lipinski definition) is 2. The summed E-state index contributed by atoms with van der Waals surface area (Å²) in [5.41, 5.74) is 5.24. The van der Waals surface area contributed by atoms with Gasteiger partial charge in [0, 0.05) is 26.2 Å². The van der Waals surface area contributed by atoms with E-state index in [1.807, 2.05) is 6.07 Å². The van der Waals surface area contributed by atoms with Crippen LogP contribution in [0.25, 0.3) is 0 Å². The molecule has 3 N–H and O–H groups in total. The van der Waals surface area contributed by atoms with E-state index in [0.717, 1.165) is 31.6 Å². The first-order valence-corrected chi connectivity index (χ1v) is 9.13. The van der Waals surface area contributed by atoms with Crippen molar-refractivity contribution in [2.45, 2.75) is 38.6 Å². The van der Waals surface area contributed by atoms with Gasteiger partial charge in [-0.15, -0.1) is 11.3 Å². The molecule has 0 bridgehead atoms. The maximum absolute atomic E-state index is 5.74. The van der Waals surface area contributed by atoms with E-state index in [0.29, 0.717) is 0 Å². The van der Waals surface area contributed by atoms with Gasteiger partial charge in [0.2, 0.25) is 0 Å². The Morgan fingerprint density at radius 2 is 1.86 bits per heavy atom. The zero-order chi connectivity index (χ0) is 15.6. The van der Waals surface area contributed by atoms with E-state index in [1.54, 1.807) is 11.3 Å². The third kappa shape index (κ3) is 4.60. The Morgan fingerprint density at radius 3 is 2.33 bits per heavy atom. The van der Waals surface area contributed by atoms with Crippen molar-refractivity contribution in [1.29, 1.82) is 0 Å². The van der Waals surface area contributed by atoms with Crippen molar-refractivity contribution < 1.29 is 0 Å². The lowest BCUT2D eigenvalue weighted by molar-refractivity contribution is 0.541. The summed E-state index contributed by atoms with van der Waals surface area (Å²) in [6.45, 7) is 6.53. The number of hydrazine groups is 1. The minimum absolute atomic E-state index is 0.0396. The molecule has 0 saturated heterocycles. The molecule has 0 aliphatic rings. The number of thiazole rings is 1. The lowest BCUT2D eigenvalue weighted by Crippen LogP contribution is -2.29. The largest absolute Gasteiger partial charge is 0.271 e. The van der Waals surface area contributed by atoms with Crippen LogP contribution in [0.4, 0.5) is 0 Å². The molecule has 1 heterocycles. The fourth-order valence-electron chi connectivity index (χ4n) is 1.97. The molecule has 0 spiro atoms. The molecular weight excluding hydrogens is 414 g/mol. The summed E-state index contributed by atoms with van der Waals surface area (Å²) in [4.78, 5) is 4.74. The van der Waals surface area contributed by atoms with Crippen LogP contribution in [0.3, 0.4) is 0 Å². The molecule has 2 rings (SSSR count). The Kier molecular flexibility index (Phi) is 5.59. The van der Waals surface area contributed by atoms with E-state index in [-0.39, 0.29) is 11.5 Å². The second kappa shape index (κ2) is 6.87. The van der Waals surface area contributed by atoms with Crippen molar-refractivity contribution in [3.05, 3.63) is 48.8 Å². The number of rotatable bonds is 4. The molecule has 0 aliphatic heterocycles. The first-order chi connectivity index (χ1) is 9.79. The third-order valence-electron chi connectivity index (χ3n) is 3.19. The van der Waals surface area contributed by atoms with Crippen molar-refractivity contribution in [2.24, 2.45) is 5.84 Å². The van der Waals surface area contributed by atoms with E-state index in [1.165, 1.54) is 0 Å². The minimum Gasteiger partial charge on any atom is -0.271 e. The maximum atomic E-state index is 5.74. The van der Waals surface area contributed by atoms with Gasteiger partial charge in [0.25, 0.3) is 0 Å². The van der Waals surface area contributed by atoms with Crippen LogP contribution in [0.1, 0.15) is 43.1 Å². The summed E-state index contributed by atoms with van der Waals surface area (Å²) >= 11 is 8.72. The molecule has 1 aromatic carbocycles. The number of nitrogens with one attached hydrogen (secondary N) is 1. The Balaban J connectivity index is 2.21. The average molecular weight is 433 g/mol. The van der Waals surface area contributed by atoms with Gasteiger partial charge in [0.05, 0.1) is 16.7 Å². The fourth-order valence-corrected chi connectivity index (χ4v) is 4.37. The summed E-state index contributed by atoms with van der Waals surface area (Å²) in [7, 11) is 0. The number of benzene rings is 1. The van der Waals surface area contributed by atoms with E-state index in [4.69, 9.17) is 10.8 Å². The first-order valence-electron chi connectivity index (χ1n) is 6.66. The number of nitrogens with zero attached hydrogens (tertiary/aromatic N) is 1. The molecule has 0 amide bonds. The van der Waals surface area contributed by atoms with E-state index >= 15 is 0 Å². The summed E-state index contributed by atoms with van der Waals surface area (Å²) < 4.78 is 2.06. The molecule has 1 atom stereocenters. The zero-order valence-corrected chi connectivity index (χ0v) is 16.3. The lowest BCUT2D eigenvalue weighted by Gasteiger charge is -2.17. The predicted octanol–water partition coefficient (Wildman–Crippen LogP) is 4.71. The highest BCUT2D eigenvalue weighted by molar-refractivity contribution is 9.11. The van der Waals surface area contributed by atoms with Crippen molar-refractivity contribution in [3.63, 3.8) is 0 Å². The molecule has 114 valence electrons. The smallest absolute Gasteiger partial charge is 0.0948 e. The van der Waals surface area contributed by atoms with Crippen LogP contribution in [0.15, 0.2) is 32.5 Å². The minimum atomic E-state index is 0.0396. The van der Waals surface area contributed by atoms with Gasteiger partial charge in [0.15, 0.2) is 0 Å². The van der Waals surface area contributed by atoms with Gasteiger partial charge in [-0.2, -0.15) is 0 Å². The maximum Gasteiger partial charge on any atom is 0.0948 e. The molecule has 1 unspecified atom stereocenters. The van der Waals surface area contributed by atoms with Crippen LogP contribution in [0, 0.1) is 0 Å². The molecule has 0 radical (unpaired) electrons. The molecule has 0 fully saturated rings. The zero-order valence-electron chi connectivity index (χ0n) is 12.3. The van der Waals surface area contributed by atoms with E-state index in [2.05, 4.69) is 75.6 Å². The molecule has 1 aromatic heterocycles. The molecule has 2 aromatic rings. The Hall–Kier alpha value is -0.270. The molecular formula is C15H19Br2N3S. The molecule has 21 heavy (non-hydrogen) atoms. The number of hydrogen-bond acceptors (Lipinski definition) is 4. The van der Waals surface area contributed by atoms with Gasteiger partial charge >= 0.3 is 0 Å². The van der Waals surface area contributed by atoms with Crippen LogP contribution in [0.2, 0.25) is 0 Å². The van der Waals surface area contributed by atoms with Crippen molar-refractivity contribution >= 4 is 43.2 Å². The second-order valence-electron chi connectivity index (χ2n) is 6.00. The summed E-state index contributed by atoms with van der Waals surface area (Å²) in [6, 6.07) is 6.21. The molecule has 0 aliphatic carbocycles. The average Bonchev–Trinajstić information content (AvgIpc) is 2.83. The molecule has 0 saturated carbocycles. The quantitative estimate of drug-likeness (QED) is 0.543. The van der Waals surface area contributed by atoms with Gasteiger partial charge in [-0.1, -0.05) is 52.6 Å². The predicted molar refractivity (Wildman–Crippen MR) is 96.4 cm³/mol. The van der Waals surface area contributed by atoms with Gasteiger partial charge < -0.3 is 0 Å². The molecule has 3 nitrogen and oxygen atoms in total. The standard InChI is InChI=1S/C15H19Br2N3S/c1-15(2,3)13-8-21-14(19-13)7-12(20-18)9-4-10(16)6-11(17)5-9/h4-6,8,12,20H,7,18H2,1-3H3. The van der Waals surface area contributed by atoms with Gasteiger partial charge in [-0.25, -0.2) is 4.98 Å². The van der Waals surface area contributed by atoms with Crippen molar-refractivity contribution in [1.82, 2.24) is 10.4 Å². The summed E-state index contributed by atoms with van der Waals surface area (Å²) in [6.07, 6.45) is 0.778. The van der Waals surface area contributed by atoms with Crippen LogP contribution >= 0.6 is 43.2 Å². The second-order valence-corrected chi connectivity index (χ2v) is 8.78. The fraction of sp³-hybridized carbons (Fsp3) is 0.400. The monoisotopic (exact) mass is 431 g/mol. The highest BCUT2D eigenvalue weighted by Crippen LogP contribution is 2.29. The highest BCUT2D eigenvalue weighted by atomic mass is 79.9. The van der Waals surface area contributed by atoms with Crippen molar-refractivity contribution in [2.75, 3.05) is 0 Å². The highest BCUT2D eigenvalue weighted by Gasteiger charge is 2.19. The first kappa shape index (κ1) is 17.1. The Bertz CT molecular complexity index is 599.